The molecule has 0 nitrogen and oxygen atoms in total. The van der Waals surface area contributed by atoms with E-state index in [1.165, 1.54) is 21.6 Å². The van der Waals surface area contributed by atoms with Crippen LogP contribution in [-0.2, 0) is 0 Å². The van der Waals surface area contributed by atoms with Gasteiger partial charge in [-0.1, -0.05) is 5.57 Å². The summed E-state index contributed by atoms with van der Waals surface area (Å²) in [4.78, 5) is 1.50. The first-order chi connectivity index (χ1) is 5.61. The predicted octanol–water partition coefficient (Wildman–Crippen LogP) is 3.67. The van der Waals surface area contributed by atoms with Crippen molar-refractivity contribution in [2.24, 2.45) is 0 Å². The van der Waals surface area contributed by atoms with Gasteiger partial charge in [-0.05, 0) is 50.5 Å². The summed E-state index contributed by atoms with van der Waals surface area (Å²) >= 11 is 2.00. The van der Waals surface area contributed by atoms with Crippen LogP contribution in [0.4, 0.5) is 0 Å². The van der Waals surface area contributed by atoms with Crippen LogP contribution in [-0.4, -0.2) is 5.25 Å². The molecule has 0 aromatic carbocycles. The van der Waals surface area contributed by atoms with E-state index in [1.54, 1.807) is 5.57 Å². The monoisotopic (exact) mass is 178 g/mol. The molecular formula is C11H14S. The van der Waals surface area contributed by atoms with Crippen molar-refractivity contribution >= 4 is 11.8 Å². The highest BCUT2D eigenvalue weighted by Gasteiger charge is 2.28. The molecule has 2 rings (SSSR count). The van der Waals surface area contributed by atoms with Crippen molar-refractivity contribution in [3.63, 3.8) is 0 Å². The molecule has 1 unspecified atom stereocenters. The van der Waals surface area contributed by atoms with Gasteiger partial charge in [-0.25, -0.2) is 0 Å². The number of fused-ring (bicyclic) bond motifs is 1. The molecule has 0 aromatic heterocycles. The molecule has 0 N–H and O–H groups in total. The molecule has 1 atom stereocenters. The number of hydrogen-bond acceptors (Lipinski definition) is 1. The van der Waals surface area contributed by atoms with Gasteiger partial charge in [0.15, 0.2) is 0 Å². The van der Waals surface area contributed by atoms with Crippen LogP contribution in [0, 0.1) is 0 Å². The number of rotatable bonds is 0. The summed E-state index contributed by atoms with van der Waals surface area (Å²) in [5, 5.41) is 0.689. The predicted molar refractivity (Wildman–Crippen MR) is 56.2 cm³/mol. The Labute approximate surface area is 78.4 Å². The van der Waals surface area contributed by atoms with Gasteiger partial charge < -0.3 is 0 Å². The Bertz CT molecular complexity index is 329. The van der Waals surface area contributed by atoms with Gasteiger partial charge in [-0.15, -0.1) is 11.8 Å². The quantitative estimate of drug-likeness (QED) is 0.545. The van der Waals surface area contributed by atoms with E-state index in [1.807, 2.05) is 11.8 Å². The molecule has 0 spiro atoms. The van der Waals surface area contributed by atoms with Crippen molar-refractivity contribution in [1.82, 2.24) is 0 Å². The molecule has 12 heavy (non-hydrogen) atoms. The summed E-state index contributed by atoms with van der Waals surface area (Å²) in [7, 11) is 0. The third kappa shape index (κ3) is 0.925. The zero-order chi connectivity index (χ0) is 8.88. The van der Waals surface area contributed by atoms with Crippen LogP contribution in [0.3, 0.4) is 0 Å². The van der Waals surface area contributed by atoms with Crippen LogP contribution in [0.15, 0.2) is 33.3 Å². The van der Waals surface area contributed by atoms with Gasteiger partial charge in [0.25, 0.3) is 0 Å². The molecule has 1 heteroatoms. The molecular weight excluding hydrogens is 164 g/mol. The highest BCUT2D eigenvalue weighted by molar-refractivity contribution is 8.04. The molecule has 0 amide bonds. The molecule has 1 aliphatic heterocycles. The Morgan fingerprint density at radius 3 is 2.50 bits per heavy atom. The minimum Gasteiger partial charge on any atom is -0.118 e. The van der Waals surface area contributed by atoms with Gasteiger partial charge in [-0.3, -0.25) is 0 Å². The van der Waals surface area contributed by atoms with Crippen molar-refractivity contribution < 1.29 is 0 Å². The van der Waals surface area contributed by atoms with E-state index in [4.69, 9.17) is 0 Å². The first kappa shape index (κ1) is 8.18. The van der Waals surface area contributed by atoms with E-state index in [2.05, 4.69) is 33.8 Å². The van der Waals surface area contributed by atoms with E-state index < -0.39 is 0 Å². The van der Waals surface area contributed by atoms with Crippen LogP contribution in [0.5, 0.6) is 0 Å². The summed E-state index contributed by atoms with van der Waals surface area (Å²) < 4.78 is 0. The van der Waals surface area contributed by atoms with Gasteiger partial charge >= 0.3 is 0 Å². The maximum atomic E-state index is 2.32. The van der Waals surface area contributed by atoms with Crippen LogP contribution in [0.1, 0.15) is 27.7 Å². The lowest BCUT2D eigenvalue weighted by atomic mass is 10.0. The van der Waals surface area contributed by atoms with E-state index >= 15 is 0 Å². The van der Waals surface area contributed by atoms with Gasteiger partial charge in [0, 0.05) is 10.2 Å². The molecule has 0 saturated carbocycles. The molecule has 2 aliphatic rings. The second-order valence-electron chi connectivity index (χ2n) is 3.63. The van der Waals surface area contributed by atoms with Crippen molar-refractivity contribution in [3.8, 4) is 0 Å². The Kier molecular flexibility index (Phi) is 1.72. The first-order valence-electron chi connectivity index (χ1n) is 4.38. The molecule has 0 bridgehead atoms. The third-order valence-electron chi connectivity index (χ3n) is 2.87. The molecule has 64 valence electrons. The zero-order valence-electron chi connectivity index (χ0n) is 8.06. The molecule has 1 heterocycles. The number of hydrogen-bond donors (Lipinski definition) is 0. The SMILES string of the molecule is CC1=C(C)C2=C(C)C(C)SC2=C1. The average Bonchev–Trinajstić information content (AvgIpc) is 2.40. The molecule has 0 fully saturated rings. The second-order valence-corrected chi connectivity index (χ2v) is 5.02. The van der Waals surface area contributed by atoms with Crippen molar-refractivity contribution in [2.75, 3.05) is 0 Å². The maximum absolute atomic E-state index is 2.32. The van der Waals surface area contributed by atoms with E-state index in [0.29, 0.717) is 5.25 Å². The van der Waals surface area contributed by atoms with E-state index in [9.17, 15) is 0 Å². The summed E-state index contributed by atoms with van der Waals surface area (Å²) in [6.45, 7) is 8.98. The van der Waals surface area contributed by atoms with Gasteiger partial charge in [0.1, 0.15) is 0 Å². The topological polar surface area (TPSA) is 0 Å². The van der Waals surface area contributed by atoms with Crippen molar-refractivity contribution in [1.29, 1.82) is 0 Å². The Hall–Kier alpha value is -0.430. The maximum Gasteiger partial charge on any atom is 0.0282 e. The summed E-state index contributed by atoms with van der Waals surface area (Å²) in [5.41, 5.74) is 6.02. The number of allylic oxidation sites excluding steroid dienone is 4. The van der Waals surface area contributed by atoms with Crippen LogP contribution in [0.2, 0.25) is 0 Å². The Morgan fingerprint density at radius 2 is 1.92 bits per heavy atom. The molecule has 0 saturated heterocycles. The summed E-state index contributed by atoms with van der Waals surface area (Å²) in [6.07, 6.45) is 2.32. The summed E-state index contributed by atoms with van der Waals surface area (Å²) in [5.74, 6) is 0. The van der Waals surface area contributed by atoms with Gasteiger partial charge in [0.05, 0.1) is 0 Å². The van der Waals surface area contributed by atoms with E-state index in [-0.39, 0.29) is 0 Å². The van der Waals surface area contributed by atoms with Crippen LogP contribution < -0.4 is 0 Å². The Morgan fingerprint density at radius 1 is 1.25 bits per heavy atom. The number of thioether (sulfide) groups is 1. The molecule has 1 aliphatic carbocycles. The largest absolute Gasteiger partial charge is 0.118 e. The minimum atomic E-state index is 0.689. The smallest absolute Gasteiger partial charge is 0.0282 e. The highest BCUT2D eigenvalue weighted by atomic mass is 32.2. The second kappa shape index (κ2) is 2.53. The van der Waals surface area contributed by atoms with Gasteiger partial charge in [-0.2, -0.15) is 0 Å². The first-order valence-corrected chi connectivity index (χ1v) is 5.26. The highest BCUT2D eigenvalue weighted by Crippen LogP contribution is 2.49. The normalized spacial score (nSPS) is 28.3. The average molecular weight is 178 g/mol. The van der Waals surface area contributed by atoms with Gasteiger partial charge in [0.2, 0.25) is 0 Å². The minimum absolute atomic E-state index is 0.689. The fraction of sp³-hybridized carbons (Fsp3) is 0.455. The lowest BCUT2D eigenvalue weighted by Crippen LogP contribution is -1.92. The van der Waals surface area contributed by atoms with Crippen molar-refractivity contribution in [3.05, 3.63) is 33.3 Å². The zero-order valence-corrected chi connectivity index (χ0v) is 8.88. The molecule has 0 aromatic rings. The standard InChI is InChI=1S/C11H14S/c1-6-5-10-11(7(6)2)8(3)9(4)12-10/h5,9H,1-4H3. The lowest BCUT2D eigenvalue weighted by molar-refractivity contribution is 1.12. The Balaban J connectivity index is 2.55. The van der Waals surface area contributed by atoms with Crippen LogP contribution >= 0.6 is 11.8 Å². The fourth-order valence-electron chi connectivity index (χ4n) is 1.82. The summed E-state index contributed by atoms with van der Waals surface area (Å²) in [6, 6.07) is 0. The van der Waals surface area contributed by atoms with Crippen molar-refractivity contribution in [2.45, 2.75) is 32.9 Å². The van der Waals surface area contributed by atoms with E-state index in [0.717, 1.165) is 0 Å². The van der Waals surface area contributed by atoms with Crippen LogP contribution in [0.25, 0.3) is 0 Å². The lowest BCUT2D eigenvalue weighted by Gasteiger charge is -2.03. The molecule has 0 radical (unpaired) electrons. The third-order valence-corrected chi connectivity index (χ3v) is 4.15. The fourth-order valence-corrected chi connectivity index (χ4v) is 3.18.